The molecule has 350 valence electrons. The van der Waals surface area contributed by atoms with Crippen molar-refractivity contribution in [1.82, 2.24) is 15.0 Å². The molecule has 0 saturated heterocycles. The first-order chi connectivity index (χ1) is 35.4. The Kier molecular flexibility index (Phi) is 9.09. The van der Waals surface area contributed by atoms with Gasteiger partial charge >= 0.3 is 0 Å². The minimum atomic E-state index is -0.219. The summed E-state index contributed by atoms with van der Waals surface area (Å²) in [6.07, 6.45) is 0. The molecule has 12 aromatic rings. The van der Waals surface area contributed by atoms with Crippen molar-refractivity contribution >= 4 is 64.7 Å². The largest absolute Gasteiger partial charge is 0.236 e. The highest BCUT2D eigenvalue weighted by molar-refractivity contribution is 7.22. The van der Waals surface area contributed by atoms with Gasteiger partial charge in [0.1, 0.15) is 15.0 Å². The highest BCUT2D eigenvalue weighted by Crippen LogP contribution is 2.56. The van der Waals surface area contributed by atoms with Crippen LogP contribution in [0.25, 0.3) is 95.7 Å². The number of benzene rings is 9. The lowest BCUT2D eigenvalue weighted by Gasteiger charge is -2.28. The zero-order chi connectivity index (χ0) is 49.1. The maximum Gasteiger partial charge on any atom is 0.124 e. The average molecular weight is 992 g/mol. The van der Waals surface area contributed by atoms with E-state index in [4.69, 9.17) is 15.0 Å². The monoisotopic (exact) mass is 991 g/mol. The van der Waals surface area contributed by atoms with Crippen molar-refractivity contribution in [2.24, 2.45) is 0 Å². The van der Waals surface area contributed by atoms with Gasteiger partial charge in [-0.05, 0) is 138 Å². The summed E-state index contributed by atoms with van der Waals surface area (Å²) in [7, 11) is 0. The molecule has 0 atom stereocenters. The van der Waals surface area contributed by atoms with Gasteiger partial charge in [0, 0.05) is 38.9 Å². The molecule has 3 aliphatic rings. The Morgan fingerprint density at radius 3 is 0.849 bits per heavy atom. The Labute approximate surface area is 437 Å². The Morgan fingerprint density at radius 1 is 0.301 bits per heavy atom. The predicted molar refractivity (Wildman–Crippen MR) is 309 cm³/mol. The zero-order valence-corrected chi connectivity index (χ0v) is 43.9. The van der Waals surface area contributed by atoms with E-state index in [1.807, 2.05) is 0 Å². The van der Waals surface area contributed by atoms with Crippen LogP contribution in [0.1, 0.15) is 97.5 Å². The van der Waals surface area contributed by atoms with Gasteiger partial charge in [-0.1, -0.05) is 169 Å². The van der Waals surface area contributed by atoms with Crippen LogP contribution in [0.3, 0.4) is 0 Å². The topological polar surface area (TPSA) is 38.7 Å². The summed E-state index contributed by atoms with van der Waals surface area (Å²) in [5.41, 5.74) is 26.1. The first kappa shape index (κ1) is 43.3. The Bertz CT molecular complexity index is 3790. The van der Waals surface area contributed by atoms with Crippen LogP contribution in [0.4, 0.5) is 0 Å². The molecule has 0 saturated carbocycles. The van der Waals surface area contributed by atoms with Gasteiger partial charge in [0.15, 0.2) is 0 Å². The lowest BCUT2D eigenvalue weighted by Crippen LogP contribution is -2.18. The van der Waals surface area contributed by atoms with E-state index in [1.165, 1.54) is 114 Å². The number of aromatic nitrogens is 3. The third-order valence-corrected chi connectivity index (χ3v) is 20.0. The summed E-state index contributed by atoms with van der Waals surface area (Å²) in [6, 6.07) is 68.6. The van der Waals surface area contributed by atoms with Crippen molar-refractivity contribution in [1.29, 1.82) is 0 Å². The third kappa shape index (κ3) is 6.37. The van der Waals surface area contributed by atoms with Gasteiger partial charge in [-0.15, -0.1) is 34.0 Å². The van der Waals surface area contributed by atoms with Crippen LogP contribution in [-0.4, -0.2) is 15.0 Å². The number of hydrogen-bond acceptors (Lipinski definition) is 6. The molecule has 0 amide bonds. The van der Waals surface area contributed by atoms with Crippen LogP contribution < -0.4 is 0 Å². The fraction of sp³-hybridized carbons (Fsp3) is 0.149. The Hall–Kier alpha value is -7.35. The van der Waals surface area contributed by atoms with Gasteiger partial charge in [0.05, 0.1) is 30.6 Å². The highest BCUT2D eigenvalue weighted by Gasteiger charge is 2.41. The lowest BCUT2D eigenvalue weighted by atomic mass is 9.76. The molecule has 0 radical (unpaired) electrons. The summed E-state index contributed by atoms with van der Waals surface area (Å²) in [6.45, 7) is 14.5. The molecule has 0 spiro atoms. The first-order valence-corrected chi connectivity index (χ1v) is 27.8. The van der Waals surface area contributed by atoms with Crippen molar-refractivity contribution in [2.45, 2.75) is 63.7 Å². The highest BCUT2D eigenvalue weighted by atomic mass is 32.1. The number of thiazole rings is 3. The van der Waals surface area contributed by atoms with Gasteiger partial charge in [-0.25, -0.2) is 15.0 Å². The molecule has 0 bridgehead atoms. The molecule has 6 heteroatoms. The SMILES string of the molecule is CC1(C)c2cc(-c3nc4ccccc4s3)ccc2-c2ccc(C(c3ccc4c(c3)C(C)(C)c3cc(-c5nc6ccccc6s5)ccc3-4)c3ccc4c(c3)C(C)(C)c3cc(-c5nc6ccccc6s5)ccc3-4)cc21. The Morgan fingerprint density at radius 2 is 0.562 bits per heavy atom. The van der Waals surface area contributed by atoms with Crippen LogP contribution in [0.15, 0.2) is 182 Å². The second-order valence-electron chi connectivity index (χ2n) is 22.0. The second kappa shape index (κ2) is 15.3. The van der Waals surface area contributed by atoms with Crippen molar-refractivity contribution < 1.29 is 0 Å². The maximum atomic E-state index is 5.07. The van der Waals surface area contributed by atoms with Crippen LogP contribution >= 0.6 is 34.0 Å². The van der Waals surface area contributed by atoms with E-state index >= 15 is 0 Å². The van der Waals surface area contributed by atoms with Crippen LogP contribution in [-0.2, 0) is 16.2 Å². The number of rotatable bonds is 6. The minimum absolute atomic E-state index is 0.0191. The summed E-state index contributed by atoms with van der Waals surface area (Å²) in [5.74, 6) is -0.0191. The van der Waals surface area contributed by atoms with Crippen molar-refractivity contribution in [3.05, 3.63) is 232 Å². The molecule has 0 aliphatic heterocycles. The molecule has 3 heterocycles. The smallest absolute Gasteiger partial charge is 0.124 e. The average Bonchev–Trinajstić information content (AvgIpc) is 4.26. The van der Waals surface area contributed by atoms with Crippen molar-refractivity contribution in [3.8, 4) is 65.1 Å². The van der Waals surface area contributed by atoms with Gasteiger partial charge < -0.3 is 0 Å². The number of hydrogen-bond donors (Lipinski definition) is 0. The van der Waals surface area contributed by atoms with Gasteiger partial charge in [0.25, 0.3) is 0 Å². The minimum Gasteiger partial charge on any atom is -0.236 e. The van der Waals surface area contributed by atoms with Gasteiger partial charge in [-0.2, -0.15) is 0 Å². The molecule has 73 heavy (non-hydrogen) atoms. The third-order valence-electron chi connectivity index (χ3n) is 16.7. The lowest BCUT2D eigenvalue weighted by molar-refractivity contribution is 0.656. The van der Waals surface area contributed by atoms with Crippen LogP contribution in [0, 0.1) is 0 Å². The maximum absolute atomic E-state index is 5.07. The fourth-order valence-corrected chi connectivity index (χ4v) is 15.7. The predicted octanol–water partition coefficient (Wildman–Crippen LogP) is 18.6. The summed E-state index contributed by atoms with van der Waals surface area (Å²) in [5, 5.41) is 3.21. The molecule has 9 aromatic carbocycles. The number of fused-ring (bicyclic) bond motifs is 12. The fourth-order valence-electron chi connectivity index (χ4n) is 12.8. The summed E-state index contributed by atoms with van der Waals surface area (Å²) < 4.78 is 3.66. The van der Waals surface area contributed by atoms with Crippen LogP contribution in [0.2, 0.25) is 0 Å². The van der Waals surface area contributed by atoms with Crippen LogP contribution in [0.5, 0.6) is 0 Å². The van der Waals surface area contributed by atoms with E-state index in [0.29, 0.717) is 0 Å². The van der Waals surface area contributed by atoms with E-state index in [2.05, 4.69) is 224 Å². The van der Waals surface area contributed by atoms with E-state index in [9.17, 15) is 0 Å². The molecule has 3 nitrogen and oxygen atoms in total. The molecule has 3 aromatic heterocycles. The Balaban J connectivity index is 0.855. The van der Waals surface area contributed by atoms with E-state index < -0.39 is 0 Å². The zero-order valence-electron chi connectivity index (χ0n) is 41.5. The van der Waals surface area contributed by atoms with Gasteiger partial charge in [-0.3, -0.25) is 0 Å². The quantitative estimate of drug-likeness (QED) is 0.156. The van der Waals surface area contributed by atoms with E-state index in [1.54, 1.807) is 34.0 Å². The van der Waals surface area contributed by atoms with E-state index in [-0.39, 0.29) is 22.2 Å². The normalized spacial score (nSPS) is 15.2. The molecule has 0 unspecified atom stereocenters. The number of nitrogens with zero attached hydrogens (tertiary/aromatic N) is 3. The summed E-state index contributed by atoms with van der Waals surface area (Å²) >= 11 is 5.32. The molecule has 15 rings (SSSR count). The molecular weight excluding hydrogens is 943 g/mol. The van der Waals surface area contributed by atoms with E-state index in [0.717, 1.165) is 31.6 Å². The van der Waals surface area contributed by atoms with Crippen molar-refractivity contribution in [3.63, 3.8) is 0 Å². The number of para-hydroxylation sites is 3. The first-order valence-electron chi connectivity index (χ1n) is 25.3. The summed E-state index contributed by atoms with van der Waals surface area (Å²) in [4.78, 5) is 15.2. The van der Waals surface area contributed by atoms with Crippen molar-refractivity contribution in [2.75, 3.05) is 0 Å². The van der Waals surface area contributed by atoms with Gasteiger partial charge in [0.2, 0.25) is 0 Å². The second-order valence-corrected chi connectivity index (χ2v) is 25.1. The molecule has 3 aliphatic carbocycles. The molecule has 0 fully saturated rings. The molecular formula is C67H49N3S3. The molecule has 0 N–H and O–H groups in total. The standard InChI is InChI=1S/C67H49N3S3/c1-65(2)49-31-37(19-25-43(49)46-28-22-40(34-52(46)65)62-68-55-13-7-10-16-58(55)71-62)61(38-20-26-44-47-29-23-41(35-53(47)66(3,4)50(44)32-38)63-69-56-14-8-11-17-59(56)72-63)39-21-27-45-48-30-24-42(36-54(48)67(5,6)51(45)33-39)64-70-57-15-9-12-18-60(57)73-64/h7-36,61H,1-6H3.